The maximum Gasteiger partial charge on any atom is 0.234 e. The Kier molecular flexibility index (Phi) is 6.08. The van der Waals surface area contributed by atoms with Crippen LogP contribution in [-0.2, 0) is 11.5 Å². The monoisotopic (exact) mass is 394 g/mol. The molecule has 1 amide bonds. The molecule has 0 atom stereocenters. The summed E-state index contributed by atoms with van der Waals surface area (Å²) >= 11 is 5.72. The number of nitrogens with zero attached hydrogens (tertiary/aromatic N) is 5. The zero-order chi connectivity index (χ0) is 19.8. The number of aromatic nitrogens is 3. The molecule has 0 spiro atoms. The van der Waals surface area contributed by atoms with E-state index >= 15 is 0 Å². The van der Waals surface area contributed by atoms with E-state index in [-0.39, 0.29) is 11.4 Å². The van der Waals surface area contributed by atoms with Gasteiger partial charge >= 0.3 is 0 Å². The average molecular weight is 395 g/mol. The minimum Gasteiger partial charge on any atom is -0.350 e. The van der Waals surface area contributed by atoms with Crippen molar-refractivity contribution in [2.45, 2.75) is 71.6 Å². The first-order valence-corrected chi connectivity index (χ1v) is 10.5. The predicted molar refractivity (Wildman–Crippen MR) is 109 cm³/mol. The summed E-state index contributed by atoms with van der Waals surface area (Å²) in [5.41, 5.74) is -0.177. The molecule has 1 aliphatic carbocycles. The lowest BCUT2D eigenvalue weighted by atomic mass is 10.1. The molecule has 1 saturated heterocycles. The highest BCUT2D eigenvalue weighted by Crippen LogP contribution is 2.37. The number of hydrogen-bond donors (Lipinski definition) is 1. The van der Waals surface area contributed by atoms with Crippen LogP contribution in [0.5, 0.6) is 0 Å². The van der Waals surface area contributed by atoms with E-state index in [1.54, 1.807) is 0 Å². The summed E-state index contributed by atoms with van der Waals surface area (Å²) in [4.78, 5) is 16.7. The molecule has 0 aromatic carbocycles. The molecule has 1 aromatic rings. The fourth-order valence-corrected chi connectivity index (χ4v) is 3.88. The van der Waals surface area contributed by atoms with E-state index in [0.29, 0.717) is 18.5 Å². The molecular weight excluding hydrogens is 360 g/mol. The molecule has 27 heavy (non-hydrogen) atoms. The van der Waals surface area contributed by atoms with Crippen LogP contribution in [0.2, 0.25) is 0 Å². The number of rotatable bonds is 6. The minimum atomic E-state index is -0.177. The Hall–Kier alpha value is -1.25. The van der Waals surface area contributed by atoms with E-state index in [1.807, 2.05) is 25.5 Å². The first kappa shape index (κ1) is 20.5. The first-order valence-electron chi connectivity index (χ1n) is 10.1. The molecule has 1 N–H and O–H groups in total. The van der Waals surface area contributed by atoms with E-state index in [0.717, 1.165) is 43.4 Å². The van der Waals surface area contributed by atoms with Gasteiger partial charge in [-0.2, -0.15) is 5.10 Å². The largest absolute Gasteiger partial charge is 0.350 e. The summed E-state index contributed by atoms with van der Waals surface area (Å²) in [5, 5.41) is 7.86. The van der Waals surface area contributed by atoms with Crippen molar-refractivity contribution in [2.75, 3.05) is 32.7 Å². The van der Waals surface area contributed by atoms with Gasteiger partial charge in [-0.25, -0.2) is 4.68 Å². The summed E-state index contributed by atoms with van der Waals surface area (Å²) in [6.07, 6.45) is 2.43. The number of carbonyl (C=O) groups is 1. The molecule has 1 saturated carbocycles. The van der Waals surface area contributed by atoms with Gasteiger partial charge in [0.15, 0.2) is 4.77 Å². The summed E-state index contributed by atoms with van der Waals surface area (Å²) in [6.45, 7) is 15.3. The Morgan fingerprint density at radius 3 is 2.30 bits per heavy atom. The molecular formula is C19H34N6OS. The molecule has 8 heteroatoms. The highest BCUT2D eigenvalue weighted by molar-refractivity contribution is 7.71. The van der Waals surface area contributed by atoms with Gasteiger partial charge in [-0.3, -0.25) is 14.6 Å². The molecule has 7 nitrogen and oxygen atoms in total. The van der Waals surface area contributed by atoms with Crippen molar-refractivity contribution in [1.82, 2.24) is 29.5 Å². The molecule has 0 bridgehead atoms. The normalized spacial score (nSPS) is 19.6. The third-order valence-corrected chi connectivity index (χ3v) is 5.41. The van der Waals surface area contributed by atoms with E-state index < -0.39 is 0 Å². The standard InChI is InChI=1S/C19H34N6OS/c1-14(2)17-21-24(18(27)25(17)15-6-7-15)13-23-10-8-22(9-11-23)12-16(26)20-19(3,4)5/h14-15H,6-13H2,1-5H3,(H,20,26). The molecule has 2 aliphatic rings. The fraction of sp³-hybridized carbons (Fsp3) is 0.842. The summed E-state index contributed by atoms with van der Waals surface area (Å²) < 4.78 is 5.12. The van der Waals surface area contributed by atoms with Crippen LogP contribution in [0.25, 0.3) is 0 Å². The van der Waals surface area contributed by atoms with Gasteiger partial charge in [0, 0.05) is 43.7 Å². The summed E-state index contributed by atoms with van der Waals surface area (Å²) in [6, 6.07) is 0.557. The van der Waals surface area contributed by atoms with Crippen molar-refractivity contribution >= 4 is 18.1 Å². The average Bonchev–Trinajstić information content (AvgIpc) is 3.32. The third-order valence-electron chi connectivity index (χ3n) is 5.01. The molecule has 2 fully saturated rings. The number of hydrogen-bond acceptors (Lipinski definition) is 5. The van der Waals surface area contributed by atoms with Crippen LogP contribution in [0.4, 0.5) is 0 Å². The van der Waals surface area contributed by atoms with Crippen LogP contribution in [0.1, 0.15) is 65.2 Å². The summed E-state index contributed by atoms with van der Waals surface area (Å²) in [7, 11) is 0. The van der Waals surface area contributed by atoms with Crippen molar-refractivity contribution in [2.24, 2.45) is 0 Å². The fourth-order valence-electron chi connectivity index (χ4n) is 3.54. The highest BCUT2D eigenvalue weighted by atomic mass is 32.1. The Morgan fingerprint density at radius 1 is 1.19 bits per heavy atom. The Bertz CT molecular complexity index is 720. The maximum atomic E-state index is 12.1. The smallest absolute Gasteiger partial charge is 0.234 e. The van der Waals surface area contributed by atoms with E-state index in [9.17, 15) is 4.79 Å². The van der Waals surface area contributed by atoms with Crippen LogP contribution >= 0.6 is 12.2 Å². The second-order valence-corrected chi connectivity index (χ2v) is 9.60. The zero-order valence-electron chi connectivity index (χ0n) is 17.4. The molecule has 0 radical (unpaired) electrons. The van der Waals surface area contributed by atoms with Crippen molar-refractivity contribution in [3.63, 3.8) is 0 Å². The van der Waals surface area contributed by atoms with Gasteiger partial charge < -0.3 is 9.88 Å². The van der Waals surface area contributed by atoms with Crippen molar-refractivity contribution in [1.29, 1.82) is 0 Å². The van der Waals surface area contributed by atoms with Gasteiger partial charge in [0.25, 0.3) is 0 Å². The van der Waals surface area contributed by atoms with Crippen LogP contribution in [0, 0.1) is 4.77 Å². The lowest BCUT2D eigenvalue weighted by Gasteiger charge is -2.34. The van der Waals surface area contributed by atoms with E-state index in [2.05, 4.69) is 33.5 Å². The Morgan fingerprint density at radius 2 is 1.78 bits per heavy atom. The van der Waals surface area contributed by atoms with Crippen LogP contribution in [-0.4, -0.2) is 68.3 Å². The SMILES string of the molecule is CC(C)c1nn(CN2CCN(CC(=O)NC(C)(C)C)CC2)c(=S)n1C1CC1. The summed E-state index contributed by atoms with van der Waals surface area (Å²) in [5.74, 6) is 1.59. The van der Waals surface area contributed by atoms with Crippen LogP contribution in [0.15, 0.2) is 0 Å². The second-order valence-electron chi connectivity index (χ2n) is 9.23. The zero-order valence-corrected chi connectivity index (χ0v) is 18.2. The van der Waals surface area contributed by atoms with Gasteiger partial charge in [-0.05, 0) is 45.8 Å². The molecule has 1 aromatic heterocycles. The van der Waals surface area contributed by atoms with Crippen LogP contribution in [0.3, 0.4) is 0 Å². The quantitative estimate of drug-likeness (QED) is 0.751. The van der Waals surface area contributed by atoms with Crippen molar-refractivity contribution < 1.29 is 4.79 Å². The Balaban J connectivity index is 1.55. The third kappa shape index (κ3) is 5.39. The first-order chi connectivity index (χ1) is 12.6. The topological polar surface area (TPSA) is 58.3 Å². The number of carbonyl (C=O) groups excluding carboxylic acids is 1. The number of piperazine rings is 1. The number of nitrogens with one attached hydrogen (secondary N) is 1. The van der Waals surface area contributed by atoms with Gasteiger partial charge in [0.2, 0.25) is 5.91 Å². The van der Waals surface area contributed by atoms with Crippen molar-refractivity contribution in [3.8, 4) is 0 Å². The van der Waals surface area contributed by atoms with E-state index in [4.69, 9.17) is 17.3 Å². The minimum absolute atomic E-state index is 0.0999. The molecule has 0 unspecified atom stereocenters. The molecule has 2 heterocycles. The second kappa shape index (κ2) is 8.01. The van der Waals surface area contributed by atoms with E-state index in [1.165, 1.54) is 12.8 Å². The molecule has 3 rings (SSSR count). The lowest BCUT2D eigenvalue weighted by molar-refractivity contribution is -0.124. The van der Waals surface area contributed by atoms with Crippen LogP contribution < -0.4 is 5.32 Å². The predicted octanol–water partition coefficient (Wildman–Crippen LogP) is 2.36. The van der Waals surface area contributed by atoms with Gasteiger partial charge in [0.1, 0.15) is 5.82 Å². The van der Waals surface area contributed by atoms with Gasteiger partial charge in [-0.15, -0.1) is 0 Å². The highest BCUT2D eigenvalue weighted by Gasteiger charge is 2.30. The Labute approximate surface area is 167 Å². The van der Waals surface area contributed by atoms with Crippen molar-refractivity contribution in [3.05, 3.63) is 10.6 Å². The lowest BCUT2D eigenvalue weighted by Crippen LogP contribution is -2.51. The maximum absolute atomic E-state index is 12.1. The van der Waals surface area contributed by atoms with Gasteiger partial charge in [0.05, 0.1) is 13.2 Å². The molecule has 152 valence electrons. The molecule has 1 aliphatic heterocycles. The number of amides is 1. The van der Waals surface area contributed by atoms with Gasteiger partial charge in [-0.1, -0.05) is 13.8 Å².